The van der Waals surface area contributed by atoms with Gasteiger partial charge in [-0.2, -0.15) is 0 Å². The van der Waals surface area contributed by atoms with Crippen molar-refractivity contribution in [2.75, 3.05) is 5.32 Å². The summed E-state index contributed by atoms with van der Waals surface area (Å²) in [5, 5.41) is 8.89. The summed E-state index contributed by atoms with van der Waals surface area (Å²) in [6.07, 6.45) is 0. The third-order valence-corrected chi connectivity index (χ3v) is 6.50. The molecule has 1 N–H and O–H groups in total. The number of fused-ring (bicyclic) bond motifs is 1. The van der Waals surface area contributed by atoms with Crippen LogP contribution in [0.3, 0.4) is 0 Å². The lowest BCUT2D eigenvalue weighted by molar-refractivity contribution is 0.102. The zero-order chi connectivity index (χ0) is 20.5. The molecule has 0 bridgehead atoms. The summed E-state index contributed by atoms with van der Waals surface area (Å²) < 4.78 is 0. The molecule has 30 heavy (non-hydrogen) atoms. The number of nitrogens with zero attached hydrogens (tertiary/aromatic N) is 2. The molecule has 4 nitrogen and oxygen atoms in total. The summed E-state index contributed by atoms with van der Waals surface area (Å²) in [4.78, 5) is 23.5. The standard InChI is InChI=1S/C23H14ClN3OS2/c24-15-9-7-14(8-10-15)20-13-30-23(26-20)27-22(28)17-12-19(21-6-3-11-29-21)25-18-5-2-1-4-16(17)18/h1-13H,(H,26,27,28). The number of rotatable bonds is 4. The van der Waals surface area contributed by atoms with E-state index in [1.807, 2.05) is 77.5 Å². The number of hydrogen-bond acceptors (Lipinski definition) is 5. The van der Waals surface area contributed by atoms with Gasteiger partial charge >= 0.3 is 0 Å². The molecule has 0 spiro atoms. The van der Waals surface area contributed by atoms with E-state index < -0.39 is 0 Å². The molecule has 146 valence electrons. The lowest BCUT2D eigenvalue weighted by Gasteiger charge is -2.08. The Hall–Kier alpha value is -3.06. The highest BCUT2D eigenvalue weighted by molar-refractivity contribution is 7.14. The summed E-state index contributed by atoms with van der Waals surface area (Å²) in [6, 6.07) is 21.0. The molecule has 0 unspecified atom stereocenters. The highest BCUT2D eigenvalue weighted by atomic mass is 35.5. The van der Waals surface area contributed by atoms with Crippen LogP contribution in [0.1, 0.15) is 10.4 Å². The van der Waals surface area contributed by atoms with Crippen molar-refractivity contribution in [3.63, 3.8) is 0 Å². The van der Waals surface area contributed by atoms with Gasteiger partial charge in [0.05, 0.1) is 27.3 Å². The molecule has 0 aliphatic carbocycles. The van der Waals surface area contributed by atoms with E-state index in [0.717, 1.165) is 32.7 Å². The van der Waals surface area contributed by atoms with Gasteiger partial charge in [0.15, 0.2) is 5.13 Å². The van der Waals surface area contributed by atoms with E-state index in [4.69, 9.17) is 16.6 Å². The number of nitrogens with one attached hydrogen (secondary N) is 1. The first-order valence-electron chi connectivity index (χ1n) is 9.14. The average Bonchev–Trinajstić information content (AvgIpc) is 3.46. The molecule has 0 atom stereocenters. The van der Waals surface area contributed by atoms with E-state index in [1.165, 1.54) is 11.3 Å². The number of halogens is 1. The fourth-order valence-electron chi connectivity index (χ4n) is 3.16. The average molecular weight is 448 g/mol. The number of carbonyl (C=O) groups is 1. The van der Waals surface area contributed by atoms with Gasteiger partial charge in [-0.3, -0.25) is 10.1 Å². The van der Waals surface area contributed by atoms with Gasteiger partial charge in [-0.05, 0) is 35.7 Å². The first kappa shape index (κ1) is 18.9. The van der Waals surface area contributed by atoms with Crippen LogP contribution in [-0.4, -0.2) is 15.9 Å². The van der Waals surface area contributed by atoms with Crippen LogP contribution in [0.2, 0.25) is 5.02 Å². The molecule has 0 aliphatic heterocycles. The molecule has 3 heterocycles. The second-order valence-corrected chi connectivity index (χ2v) is 8.79. The second-order valence-electron chi connectivity index (χ2n) is 6.55. The number of thiophene rings is 1. The first-order chi connectivity index (χ1) is 14.7. The van der Waals surface area contributed by atoms with Gasteiger partial charge in [-0.1, -0.05) is 48.0 Å². The van der Waals surface area contributed by atoms with Crippen LogP contribution in [0.4, 0.5) is 5.13 Å². The molecule has 5 rings (SSSR count). The van der Waals surface area contributed by atoms with E-state index in [2.05, 4.69) is 10.3 Å². The van der Waals surface area contributed by atoms with Gasteiger partial charge in [0.2, 0.25) is 0 Å². The van der Waals surface area contributed by atoms with Crippen molar-refractivity contribution in [2.24, 2.45) is 0 Å². The van der Waals surface area contributed by atoms with Crippen LogP contribution in [0.25, 0.3) is 32.7 Å². The summed E-state index contributed by atoms with van der Waals surface area (Å²) in [7, 11) is 0. The first-order valence-corrected chi connectivity index (χ1v) is 11.3. The Morgan fingerprint density at radius 3 is 2.53 bits per heavy atom. The number of aromatic nitrogens is 2. The number of thiazole rings is 1. The quantitative estimate of drug-likeness (QED) is 0.323. The van der Waals surface area contributed by atoms with Gasteiger partial charge in [0, 0.05) is 21.4 Å². The number of para-hydroxylation sites is 1. The van der Waals surface area contributed by atoms with Crippen molar-refractivity contribution in [3.05, 3.63) is 88.1 Å². The van der Waals surface area contributed by atoms with Crippen LogP contribution in [0.15, 0.2) is 77.5 Å². The van der Waals surface area contributed by atoms with Crippen molar-refractivity contribution < 1.29 is 4.79 Å². The van der Waals surface area contributed by atoms with E-state index in [1.54, 1.807) is 11.3 Å². The normalized spacial score (nSPS) is 11.0. The molecule has 0 aliphatic rings. The van der Waals surface area contributed by atoms with Crippen LogP contribution in [-0.2, 0) is 0 Å². The topological polar surface area (TPSA) is 54.9 Å². The fourth-order valence-corrected chi connectivity index (χ4v) is 4.69. The maximum Gasteiger partial charge on any atom is 0.258 e. The number of hydrogen-bond donors (Lipinski definition) is 1. The van der Waals surface area contributed by atoms with Crippen molar-refractivity contribution in [3.8, 4) is 21.8 Å². The molecule has 0 radical (unpaired) electrons. The van der Waals surface area contributed by atoms with Crippen LogP contribution in [0, 0.1) is 0 Å². The summed E-state index contributed by atoms with van der Waals surface area (Å²) >= 11 is 8.95. The van der Waals surface area contributed by atoms with Crippen molar-refractivity contribution in [1.82, 2.24) is 9.97 Å². The highest BCUT2D eigenvalue weighted by Crippen LogP contribution is 2.30. The number of amides is 1. The molecule has 5 aromatic rings. The van der Waals surface area contributed by atoms with E-state index in [-0.39, 0.29) is 5.91 Å². The smallest absolute Gasteiger partial charge is 0.258 e. The Morgan fingerprint density at radius 1 is 0.900 bits per heavy atom. The van der Waals surface area contributed by atoms with Gasteiger partial charge in [0.25, 0.3) is 5.91 Å². The second kappa shape index (κ2) is 7.99. The zero-order valence-electron chi connectivity index (χ0n) is 15.5. The Bertz CT molecular complexity index is 1340. The molecular weight excluding hydrogens is 434 g/mol. The van der Waals surface area contributed by atoms with Gasteiger partial charge in [-0.15, -0.1) is 22.7 Å². The van der Waals surface area contributed by atoms with Gasteiger partial charge in [-0.25, -0.2) is 9.97 Å². The van der Waals surface area contributed by atoms with Crippen molar-refractivity contribution >= 4 is 56.2 Å². The zero-order valence-corrected chi connectivity index (χ0v) is 17.9. The van der Waals surface area contributed by atoms with Crippen molar-refractivity contribution in [1.29, 1.82) is 0 Å². The number of benzene rings is 2. The summed E-state index contributed by atoms with van der Waals surface area (Å²) in [5.74, 6) is -0.205. The molecule has 0 saturated carbocycles. The van der Waals surface area contributed by atoms with Crippen molar-refractivity contribution in [2.45, 2.75) is 0 Å². The Morgan fingerprint density at radius 2 is 1.73 bits per heavy atom. The minimum absolute atomic E-state index is 0.205. The Labute approximate surface area is 185 Å². The lowest BCUT2D eigenvalue weighted by Crippen LogP contribution is -2.13. The minimum Gasteiger partial charge on any atom is -0.298 e. The van der Waals surface area contributed by atoms with Gasteiger partial charge < -0.3 is 0 Å². The molecule has 7 heteroatoms. The highest BCUT2D eigenvalue weighted by Gasteiger charge is 2.16. The Kier molecular flexibility index (Phi) is 5.04. The van der Waals surface area contributed by atoms with E-state index >= 15 is 0 Å². The largest absolute Gasteiger partial charge is 0.298 e. The number of pyridine rings is 1. The van der Waals surface area contributed by atoms with Crippen LogP contribution < -0.4 is 5.32 Å². The molecule has 1 amide bonds. The van der Waals surface area contributed by atoms with E-state index in [0.29, 0.717) is 15.7 Å². The number of anilines is 1. The van der Waals surface area contributed by atoms with E-state index in [9.17, 15) is 4.79 Å². The lowest BCUT2D eigenvalue weighted by atomic mass is 10.1. The Balaban J connectivity index is 1.48. The third-order valence-electron chi connectivity index (χ3n) is 4.60. The molecular formula is C23H14ClN3OS2. The summed E-state index contributed by atoms with van der Waals surface area (Å²) in [6.45, 7) is 0. The maximum absolute atomic E-state index is 13.2. The molecule has 0 fully saturated rings. The van der Waals surface area contributed by atoms with Crippen LogP contribution in [0.5, 0.6) is 0 Å². The van der Waals surface area contributed by atoms with Crippen LogP contribution >= 0.6 is 34.3 Å². The summed E-state index contributed by atoms with van der Waals surface area (Å²) in [5.41, 5.74) is 3.90. The maximum atomic E-state index is 13.2. The number of carbonyl (C=O) groups excluding carboxylic acids is 1. The SMILES string of the molecule is O=C(Nc1nc(-c2ccc(Cl)cc2)cs1)c1cc(-c2cccs2)nc2ccccc12. The fraction of sp³-hybridized carbons (Fsp3) is 0. The molecule has 3 aromatic heterocycles. The molecule has 2 aromatic carbocycles. The monoisotopic (exact) mass is 447 g/mol. The molecule has 0 saturated heterocycles. The minimum atomic E-state index is -0.205. The predicted molar refractivity (Wildman–Crippen MR) is 126 cm³/mol. The van der Waals surface area contributed by atoms with Gasteiger partial charge in [0.1, 0.15) is 0 Å². The predicted octanol–water partition coefficient (Wildman–Crippen LogP) is 6.99. The third kappa shape index (κ3) is 3.73.